The minimum absolute atomic E-state index is 0.469. The van der Waals surface area contributed by atoms with Gasteiger partial charge >= 0.3 is 0 Å². The first kappa shape index (κ1) is 10.9. The summed E-state index contributed by atoms with van der Waals surface area (Å²) in [6.07, 6.45) is 0. The number of thiocarbonyl (C=S) groups is 1. The van der Waals surface area contributed by atoms with E-state index in [1.165, 1.54) is 0 Å². The standard InChI is InChI=1S/C13H13NOS/c1-14(2)13(16)15-12-9-5-7-10-6-3-4-8-11(10)12/h3-9H,1-2H3. The maximum Gasteiger partial charge on any atom is 0.264 e. The van der Waals surface area contributed by atoms with Crippen LogP contribution in [0.4, 0.5) is 0 Å². The van der Waals surface area contributed by atoms with E-state index in [4.69, 9.17) is 17.0 Å². The largest absolute Gasteiger partial charge is 0.431 e. The first-order chi connectivity index (χ1) is 7.68. The summed E-state index contributed by atoms with van der Waals surface area (Å²) in [6, 6.07) is 14.0. The lowest BCUT2D eigenvalue weighted by Gasteiger charge is -2.15. The van der Waals surface area contributed by atoms with Crippen molar-refractivity contribution < 1.29 is 4.74 Å². The van der Waals surface area contributed by atoms with Gasteiger partial charge in [0.05, 0.1) is 0 Å². The highest BCUT2D eigenvalue weighted by molar-refractivity contribution is 7.80. The zero-order valence-corrected chi connectivity index (χ0v) is 10.1. The fourth-order valence-corrected chi connectivity index (χ4v) is 1.56. The Morgan fingerprint density at radius 2 is 1.75 bits per heavy atom. The lowest BCUT2D eigenvalue weighted by atomic mass is 10.1. The number of rotatable bonds is 1. The van der Waals surface area contributed by atoms with Crippen molar-refractivity contribution in [3.63, 3.8) is 0 Å². The van der Waals surface area contributed by atoms with Crippen molar-refractivity contribution in [2.75, 3.05) is 14.1 Å². The number of hydrogen-bond acceptors (Lipinski definition) is 2. The monoisotopic (exact) mass is 231 g/mol. The van der Waals surface area contributed by atoms with Crippen molar-refractivity contribution in [1.82, 2.24) is 4.90 Å². The molecule has 0 saturated carbocycles. The van der Waals surface area contributed by atoms with Crippen molar-refractivity contribution in [3.05, 3.63) is 42.5 Å². The van der Waals surface area contributed by atoms with Gasteiger partial charge in [0.15, 0.2) is 0 Å². The fourth-order valence-electron chi connectivity index (χ4n) is 1.47. The van der Waals surface area contributed by atoms with Gasteiger partial charge in [-0.1, -0.05) is 36.4 Å². The topological polar surface area (TPSA) is 12.5 Å². The Balaban J connectivity index is 2.41. The van der Waals surface area contributed by atoms with Crippen molar-refractivity contribution in [3.8, 4) is 5.75 Å². The Kier molecular flexibility index (Phi) is 3.06. The molecule has 0 aliphatic heterocycles. The molecular weight excluding hydrogens is 218 g/mol. The average Bonchev–Trinajstić information content (AvgIpc) is 2.29. The van der Waals surface area contributed by atoms with Crippen molar-refractivity contribution in [1.29, 1.82) is 0 Å². The molecule has 0 fully saturated rings. The van der Waals surface area contributed by atoms with Crippen LogP contribution in [0.3, 0.4) is 0 Å². The van der Waals surface area contributed by atoms with Gasteiger partial charge in [-0.3, -0.25) is 0 Å². The van der Waals surface area contributed by atoms with Gasteiger partial charge < -0.3 is 9.64 Å². The molecule has 2 nitrogen and oxygen atoms in total. The number of ether oxygens (including phenoxy) is 1. The molecule has 3 heteroatoms. The van der Waals surface area contributed by atoms with Gasteiger partial charge in [0.25, 0.3) is 5.17 Å². The van der Waals surface area contributed by atoms with Crippen LogP contribution < -0.4 is 4.74 Å². The van der Waals surface area contributed by atoms with Crippen molar-refractivity contribution in [2.24, 2.45) is 0 Å². The van der Waals surface area contributed by atoms with E-state index in [1.807, 2.05) is 44.4 Å². The number of nitrogens with zero attached hydrogens (tertiary/aromatic N) is 1. The van der Waals surface area contributed by atoms with Gasteiger partial charge in [0.1, 0.15) is 5.75 Å². The van der Waals surface area contributed by atoms with Crippen LogP contribution in [-0.2, 0) is 0 Å². The zero-order chi connectivity index (χ0) is 11.5. The summed E-state index contributed by atoms with van der Waals surface area (Å²) in [5.41, 5.74) is 0. The number of benzene rings is 2. The first-order valence-electron chi connectivity index (χ1n) is 5.05. The number of hydrogen-bond donors (Lipinski definition) is 0. The molecule has 16 heavy (non-hydrogen) atoms. The highest BCUT2D eigenvalue weighted by Crippen LogP contribution is 2.25. The SMILES string of the molecule is CN(C)C(=S)Oc1cccc2ccccc12. The van der Waals surface area contributed by atoms with E-state index in [2.05, 4.69) is 12.1 Å². The zero-order valence-electron chi connectivity index (χ0n) is 9.31. The molecule has 2 aromatic carbocycles. The maximum absolute atomic E-state index is 5.65. The van der Waals surface area contributed by atoms with Crippen LogP contribution in [0.15, 0.2) is 42.5 Å². The van der Waals surface area contributed by atoms with E-state index in [0.717, 1.165) is 16.5 Å². The van der Waals surface area contributed by atoms with E-state index in [-0.39, 0.29) is 0 Å². The summed E-state index contributed by atoms with van der Waals surface area (Å²) in [5.74, 6) is 0.803. The van der Waals surface area contributed by atoms with E-state index in [9.17, 15) is 0 Å². The number of fused-ring (bicyclic) bond motifs is 1. The molecule has 2 rings (SSSR count). The Bertz CT molecular complexity index is 517. The molecule has 0 amide bonds. The quantitative estimate of drug-likeness (QED) is 0.700. The summed E-state index contributed by atoms with van der Waals surface area (Å²) in [6.45, 7) is 0. The molecular formula is C13H13NOS. The van der Waals surface area contributed by atoms with Gasteiger partial charge in [0, 0.05) is 19.5 Å². The maximum atomic E-state index is 5.65. The predicted octanol–water partition coefficient (Wildman–Crippen LogP) is 3.07. The second kappa shape index (κ2) is 4.49. The molecule has 0 aromatic heterocycles. The lowest BCUT2D eigenvalue weighted by Crippen LogP contribution is -2.25. The molecule has 0 saturated heterocycles. The molecule has 0 aliphatic rings. The van der Waals surface area contributed by atoms with E-state index < -0.39 is 0 Å². The normalized spacial score (nSPS) is 10.1. The van der Waals surface area contributed by atoms with Crippen LogP contribution in [0.5, 0.6) is 5.75 Å². The molecule has 0 bridgehead atoms. The molecule has 0 atom stereocenters. The van der Waals surface area contributed by atoms with Crippen LogP contribution in [0.1, 0.15) is 0 Å². The summed E-state index contributed by atoms with van der Waals surface area (Å²) in [4.78, 5) is 1.77. The minimum atomic E-state index is 0.469. The van der Waals surface area contributed by atoms with Crippen molar-refractivity contribution in [2.45, 2.75) is 0 Å². The Hall–Kier alpha value is -1.61. The van der Waals surface area contributed by atoms with Gasteiger partial charge in [-0.2, -0.15) is 0 Å². The molecule has 0 aliphatic carbocycles. The van der Waals surface area contributed by atoms with Crippen LogP contribution in [-0.4, -0.2) is 24.2 Å². The molecule has 0 spiro atoms. The molecule has 82 valence electrons. The second-order valence-corrected chi connectivity index (χ2v) is 4.09. The first-order valence-corrected chi connectivity index (χ1v) is 5.46. The van der Waals surface area contributed by atoms with Crippen LogP contribution in [0, 0.1) is 0 Å². The van der Waals surface area contributed by atoms with Crippen molar-refractivity contribution >= 4 is 28.2 Å². The van der Waals surface area contributed by atoms with Gasteiger partial charge in [0.2, 0.25) is 0 Å². The second-order valence-electron chi connectivity index (χ2n) is 3.74. The van der Waals surface area contributed by atoms with Gasteiger partial charge in [-0.05, 0) is 23.7 Å². The fraction of sp³-hybridized carbons (Fsp3) is 0.154. The molecule has 0 unspecified atom stereocenters. The Morgan fingerprint density at radius 1 is 1.06 bits per heavy atom. The molecule has 2 aromatic rings. The minimum Gasteiger partial charge on any atom is -0.431 e. The third-order valence-corrected chi connectivity index (χ3v) is 2.76. The highest BCUT2D eigenvalue weighted by Gasteiger charge is 2.05. The Morgan fingerprint density at radius 3 is 2.50 bits per heavy atom. The van der Waals surface area contributed by atoms with Crippen LogP contribution in [0.25, 0.3) is 10.8 Å². The average molecular weight is 231 g/mol. The van der Waals surface area contributed by atoms with E-state index >= 15 is 0 Å². The smallest absolute Gasteiger partial charge is 0.264 e. The summed E-state index contributed by atoms with van der Waals surface area (Å²) < 4.78 is 5.65. The molecule has 0 heterocycles. The summed E-state index contributed by atoms with van der Waals surface area (Å²) in [5, 5.41) is 2.70. The third-order valence-electron chi connectivity index (χ3n) is 2.31. The molecule has 0 N–H and O–H groups in total. The Labute approximate surface area is 100 Å². The van der Waals surface area contributed by atoms with E-state index in [1.54, 1.807) is 4.90 Å². The van der Waals surface area contributed by atoms with Crippen LogP contribution in [0.2, 0.25) is 0 Å². The van der Waals surface area contributed by atoms with Crippen LogP contribution >= 0.6 is 12.2 Å². The lowest BCUT2D eigenvalue weighted by molar-refractivity contribution is 0.453. The highest BCUT2D eigenvalue weighted by atomic mass is 32.1. The summed E-state index contributed by atoms with van der Waals surface area (Å²) in [7, 11) is 3.74. The van der Waals surface area contributed by atoms with Gasteiger partial charge in [-0.15, -0.1) is 0 Å². The van der Waals surface area contributed by atoms with Gasteiger partial charge in [-0.25, -0.2) is 0 Å². The molecule has 0 radical (unpaired) electrons. The summed E-state index contributed by atoms with van der Waals surface area (Å²) >= 11 is 5.13. The van der Waals surface area contributed by atoms with E-state index in [0.29, 0.717) is 5.17 Å². The predicted molar refractivity (Wildman–Crippen MR) is 70.9 cm³/mol. The third kappa shape index (κ3) is 2.14.